The smallest absolute Gasteiger partial charge is 0.339 e. The second kappa shape index (κ2) is 12.0. The lowest BCUT2D eigenvalue weighted by molar-refractivity contribution is -0.113. The number of aromatic nitrogens is 3. The minimum absolute atomic E-state index is 0.0416. The standard InChI is InChI=1S/C23H23FN4O6S/c1-4-28-19(12-34-16-8-6-15(24)7-9-16)26-27-23(28)35-13-20(29)25-18-11-14(21(30)32-2)5-10-17(18)22(31)33-3/h5-11H,4,12-13H2,1-3H3,(H,25,29). The summed E-state index contributed by atoms with van der Waals surface area (Å²) in [6.45, 7) is 2.55. The highest BCUT2D eigenvalue weighted by Crippen LogP contribution is 2.22. The van der Waals surface area contributed by atoms with Gasteiger partial charge in [-0.2, -0.15) is 0 Å². The van der Waals surface area contributed by atoms with Crippen LogP contribution in [0.25, 0.3) is 0 Å². The molecule has 0 aliphatic carbocycles. The minimum atomic E-state index is -0.666. The Morgan fingerprint density at radius 2 is 1.74 bits per heavy atom. The van der Waals surface area contributed by atoms with Crippen LogP contribution in [0.15, 0.2) is 47.6 Å². The highest BCUT2D eigenvalue weighted by atomic mass is 32.2. The summed E-state index contributed by atoms with van der Waals surface area (Å²) in [5.74, 6) is -1.09. The van der Waals surface area contributed by atoms with Gasteiger partial charge in [-0.3, -0.25) is 4.79 Å². The van der Waals surface area contributed by atoms with Crippen molar-refractivity contribution in [3.05, 3.63) is 65.2 Å². The van der Waals surface area contributed by atoms with E-state index in [1.807, 2.05) is 6.92 Å². The highest BCUT2D eigenvalue weighted by molar-refractivity contribution is 7.99. The predicted molar refractivity (Wildman–Crippen MR) is 125 cm³/mol. The molecule has 0 unspecified atom stereocenters. The topological polar surface area (TPSA) is 122 Å². The zero-order chi connectivity index (χ0) is 25.4. The lowest BCUT2D eigenvalue weighted by Gasteiger charge is -2.12. The Labute approximate surface area is 204 Å². The lowest BCUT2D eigenvalue weighted by atomic mass is 10.1. The van der Waals surface area contributed by atoms with Gasteiger partial charge in [-0.1, -0.05) is 11.8 Å². The summed E-state index contributed by atoms with van der Waals surface area (Å²) in [7, 11) is 2.45. The van der Waals surface area contributed by atoms with Gasteiger partial charge in [0, 0.05) is 6.54 Å². The Kier molecular flexibility index (Phi) is 8.79. The van der Waals surface area contributed by atoms with Crippen molar-refractivity contribution >= 4 is 35.3 Å². The summed E-state index contributed by atoms with van der Waals surface area (Å²) in [6.07, 6.45) is 0. The van der Waals surface area contributed by atoms with Crippen molar-refractivity contribution < 1.29 is 33.0 Å². The minimum Gasteiger partial charge on any atom is -0.486 e. The van der Waals surface area contributed by atoms with Crippen LogP contribution in [0.3, 0.4) is 0 Å². The second-order valence-corrected chi connectivity index (χ2v) is 7.91. The average Bonchev–Trinajstić information content (AvgIpc) is 3.27. The van der Waals surface area contributed by atoms with E-state index in [-0.39, 0.29) is 35.0 Å². The van der Waals surface area contributed by atoms with Crippen molar-refractivity contribution in [3.8, 4) is 5.75 Å². The fourth-order valence-corrected chi connectivity index (χ4v) is 3.85. The number of thioether (sulfide) groups is 1. The molecule has 1 aromatic heterocycles. The third-order valence-corrected chi connectivity index (χ3v) is 5.71. The number of anilines is 1. The van der Waals surface area contributed by atoms with Gasteiger partial charge in [0.2, 0.25) is 5.91 Å². The number of hydrogen-bond donors (Lipinski definition) is 1. The van der Waals surface area contributed by atoms with Crippen molar-refractivity contribution in [2.24, 2.45) is 0 Å². The Hall–Kier alpha value is -3.93. The number of amides is 1. The van der Waals surface area contributed by atoms with Gasteiger partial charge in [-0.15, -0.1) is 10.2 Å². The zero-order valence-corrected chi connectivity index (χ0v) is 20.1. The first-order valence-corrected chi connectivity index (χ1v) is 11.4. The van der Waals surface area contributed by atoms with Gasteiger partial charge in [0.05, 0.1) is 36.8 Å². The van der Waals surface area contributed by atoms with Crippen molar-refractivity contribution in [2.45, 2.75) is 25.2 Å². The second-order valence-electron chi connectivity index (χ2n) is 6.97. The number of carbonyl (C=O) groups is 3. The molecule has 3 aromatic rings. The number of rotatable bonds is 10. The largest absolute Gasteiger partial charge is 0.486 e. The Morgan fingerprint density at radius 3 is 2.40 bits per heavy atom. The van der Waals surface area contributed by atoms with E-state index < -0.39 is 17.8 Å². The average molecular weight is 503 g/mol. The van der Waals surface area contributed by atoms with Gasteiger partial charge in [-0.05, 0) is 49.4 Å². The van der Waals surface area contributed by atoms with E-state index in [1.54, 1.807) is 4.57 Å². The fourth-order valence-electron chi connectivity index (χ4n) is 3.03. The van der Waals surface area contributed by atoms with E-state index in [9.17, 15) is 18.8 Å². The summed E-state index contributed by atoms with van der Waals surface area (Å²) in [4.78, 5) is 36.5. The molecule has 12 heteroatoms. The summed E-state index contributed by atoms with van der Waals surface area (Å²) in [5.41, 5.74) is 0.380. The lowest BCUT2D eigenvalue weighted by Crippen LogP contribution is -2.18. The maximum absolute atomic E-state index is 13.0. The Bertz CT molecular complexity index is 1220. The number of esters is 2. The summed E-state index contributed by atoms with van der Waals surface area (Å²) in [6, 6.07) is 9.75. The molecule has 1 heterocycles. The molecule has 2 aromatic carbocycles. The van der Waals surface area contributed by atoms with Crippen LogP contribution in [-0.2, 0) is 27.4 Å². The molecular weight excluding hydrogens is 479 g/mol. The van der Waals surface area contributed by atoms with Gasteiger partial charge in [0.1, 0.15) is 18.2 Å². The molecular formula is C23H23FN4O6S. The van der Waals surface area contributed by atoms with Crippen LogP contribution in [0.1, 0.15) is 33.5 Å². The van der Waals surface area contributed by atoms with Crippen molar-refractivity contribution in [1.29, 1.82) is 0 Å². The zero-order valence-electron chi connectivity index (χ0n) is 19.2. The number of hydrogen-bond acceptors (Lipinski definition) is 9. The summed E-state index contributed by atoms with van der Waals surface area (Å²) < 4.78 is 29.9. The van der Waals surface area contributed by atoms with E-state index in [0.29, 0.717) is 23.3 Å². The van der Waals surface area contributed by atoms with Gasteiger partial charge in [0.25, 0.3) is 0 Å². The molecule has 0 aliphatic rings. The maximum atomic E-state index is 13.0. The first-order chi connectivity index (χ1) is 16.9. The fraction of sp³-hybridized carbons (Fsp3) is 0.261. The van der Waals surface area contributed by atoms with Gasteiger partial charge < -0.3 is 24.1 Å². The van der Waals surface area contributed by atoms with Crippen LogP contribution in [-0.4, -0.2) is 52.6 Å². The molecule has 0 aliphatic heterocycles. The summed E-state index contributed by atoms with van der Waals surface area (Å²) in [5, 5.41) is 11.4. The number of carbonyl (C=O) groups excluding carboxylic acids is 3. The first-order valence-electron chi connectivity index (χ1n) is 10.4. The number of halogens is 1. The number of methoxy groups -OCH3 is 2. The molecule has 0 saturated carbocycles. The van der Waals surface area contributed by atoms with E-state index in [4.69, 9.17) is 14.2 Å². The summed E-state index contributed by atoms with van der Waals surface area (Å²) >= 11 is 1.14. The van der Waals surface area contributed by atoms with Crippen molar-refractivity contribution in [3.63, 3.8) is 0 Å². The molecule has 1 amide bonds. The number of nitrogens with one attached hydrogen (secondary N) is 1. The molecule has 0 bridgehead atoms. The third-order valence-electron chi connectivity index (χ3n) is 4.74. The van der Waals surface area contributed by atoms with Crippen LogP contribution in [0.4, 0.5) is 10.1 Å². The number of nitrogens with zero attached hydrogens (tertiary/aromatic N) is 3. The predicted octanol–water partition coefficient (Wildman–Crippen LogP) is 3.32. The molecule has 0 fully saturated rings. The van der Waals surface area contributed by atoms with Crippen LogP contribution in [0.5, 0.6) is 5.75 Å². The molecule has 0 saturated heterocycles. The first kappa shape index (κ1) is 25.7. The van der Waals surface area contributed by atoms with E-state index in [1.165, 1.54) is 56.7 Å². The molecule has 0 radical (unpaired) electrons. The van der Waals surface area contributed by atoms with Crippen molar-refractivity contribution in [1.82, 2.24) is 14.8 Å². The van der Waals surface area contributed by atoms with E-state index >= 15 is 0 Å². The molecule has 0 spiro atoms. The molecule has 3 rings (SSSR count). The molecule has 35 heavy (non-hydrogen) atoms. The maximum Gasteiger partial charge on any atom is 0.339 e. The van der Waals surface area contributed by atoms with Crippen LogP contribution in [0, 0.1) is 5.82 Å². The highest BCUT2D eigenvalue weighted by Gasteiger charge is 2.19. The van der Waals surface area contributed by atoms with Crippen molar-refractivity contribution in [2.75, 3.05) is 25.3 Å². The SMILES string of the molecule is CCn1c(COc2ccc(F)cc2)nnc1SCC(=O)Nc1cc(C(=O)OC)ccc1C(=O)OC. The molecule has 1 N–H and O–H groups in total. The Balaban J connectivity index is 1.67. The monoisotopic (exact) mass is 502 g/mol. The van der Waals surface area contributed by atoms with Crippen LogP contribution in [0.2, 0.25) is 0 Å². The van der Waals surface area contributed by atoms with E-state index in [2.05, 4.69) is 15.5 Å². The van der Waals surface area contributed by atoms with Gasteiger partial charge in [-0.25, -0.2) is 14.0 Å². The van der Waals surface area contributed by atoms with Gasteiger partial charge in [0.15, 0.2) is 11.0 Å². The van der Waals surface area contributed by atoms with Gasteiger partial charge >= 0.3 is 11.9 Å². The Morgan fingerprint density at radius 1 is 1.03 bits per heavy atom. The molecule has 10 nitrogen and oxygen atoms in total. The molecule has 0 atom stereocenters. The van der Waals surface area contributed by atoms with Crippen LogP contribution >= 0.6 is 11.8 Å². The third kappa shape index (κ3) is 6.57. The number of ether oxygens (including phenoxy) is 3. The van der Waals surface area contributed by atoms with E-state index in [0.717, 1.165) is 11.8 Å². The quantitative estimate of drug-likeness (QED) is 0.329. The number of benzene rings is 2. The van der Waals surface area contributed by atoms with Crippen LogP contribution < -0.4 is 10.1 Å². The molecule has 184 valence electrons. The normalized spacial score (nSPS) is 10.5.